The smallest absolute Gasteiger partial charge is 0.248 e. The summed E-state index contributed by atoms with van der Waals surface area (Å²) in [6.07, 6.45) is -0.725. The monoisotopic (exact) mass is 742 g/mol. The number of benzene rings is 2. The highest BCUT2D eigenvalue weighted by atomic mass is 35.5. The van der Waals surface area contributed by atoms with E-state index in [1.807, 2.05) is 0 Å². The van der Waals surface area contributed by atoms with Crippen molar-refractivity contribution in [2.24, 2.45) is 11.7 Å². The molecular formula is C32H38Cl2F2N6O6S. The molecule has 3 fully saturated rings. The highest BCUT2D eigenvalue weighted by Gasteiger charge is 2.54. The molecule has 3 heterocycles. The Bertz CT molecular complexity index is 1770. The molecule has 0 saturated carbocycles. The normalized spacial score (nSPS) is 24.0. The second-order valence-corrected chi connectivity index (χ2v) is 15.4. The van der Waals surface area contributed by atoms with Gasteiger partial charge in [-0.2, -0.15) is 4.31 Å². The van der Waals surface area contributed by atoms with Crippen molar-refractivity contribution in [1.82, 2.24) is 24.3 Å². The van der Waals surface area contributed by atoms with E-state index in [1.165, 1.54) is 34.1 Å². The van der Waals surface area contributed by atoms with Crippen molar-refractivity contribution in [3.8, 4) is 0 Å². The van der Waals surface area contributed by atoms with Crippen molar-refractivity contribution >= 4 is 56.9 Å². The molecule has 4 amide bonds. The quantitative estimate of drug-likeness (QED) is 0.400. The first-order valence-corrected chi connectivity index (χ1v) is 18.1. The maximum absolute atomic E-state index is 14.4. The van der Waals surface area contributed by atoms with Gasteiger partial charge in [-0.15, -0.1) is 0 Å². The predicted octanol–water partition coefficient (Wildman–Crippen LogP) is 2.36. The summed E-state index contributed by atoms with van der Waals surface area (Å²) in [5, 5.41) is 2.66. The lowest BCUT2D eigenvalue weighted by Gasteiger charge is -2.53. The van der Waals surface area contributed by atoms with E-state index in [9.17, 15) is 36.4 Å². The number of sulfonamides is 1. The third-order valence-corrected chi connectivity index (χ3v) is 11.9. The molecule has 0 aliphatic carbocycles. The molecule has 0 spiro atoms. The number of hydrogen-bond donors (Lipinski definition) is 2. The number of carbonyl (C=O) groups excluding carboxylic acids is 4. The van der Waals surface area contributed by atoms with E-state index >= 15 is 0 Å². The second kappa shape index (κ2) is 14.5. The van der Waals surface area contributed by atoms with E-state index in [0.717, 1.165) is 21.3 Å². The van der Waals surface area contributed by atoms with E-state index in [4.69, 9.17) is 28.9 Å². The van der Waals surface area contributed by atoms with Crippen LogP contribution in [-0.4, -0.2) is 108 Å². The number of nitrogens with zero attached hydrogens (tertiary/aromatic N) is 4. The number of nitrogens with two attached hydrogens (primary N) is 1. The maximum Gasteiger partial charge on any atom is 0.248 e. The van der Waals surface area contributed by atoms with Gasteiger partial charge in [-0.25, -0.2) is 17.2 Å². The Morgan fingerprint density at radius 3 is 2.39 bits per heavy atom. The third-order valence-electron chi connectivity index (χ3n) is 9.32. The minimum atomic E-state index is -4.52. The molecule has 0 radical (unpaired) electrons. The molecule has 3 aliphatic rings. The number of amides is 4. The lowest BCUT2D eigenvalue weighted by Crippen LogP contribution is -2.76. The van der Waals surface area contributed by atoms with Crippen molar-refractivity contribution in [2.45, 2.75) is 75.3 Å². The van der Waals surface area contributed by atoms with Gasteiger partial charge in [-0.1, -0.05) is 43.1 Å². The predicted molar refractivity (Wildman–Crippen MR) is 177 cm³/mol. The van der Waals surface area contributed by atoms with Crippen molar-refractivity contribution in [3.63, 3.8) is 0 Å². The number of halogens is 4. The van der Waals surface area contributed by atoms with Crippen molar-refractivity contribution < 1.29 is 36.4 Å². The van der Waals surface area contributed by atoms with E-state index in [2.05, 4.69) is 5.32 Å². The van der Waals surface area contributed by atoms with Crippen LogP contribution < -0.4 is 11.1 Å². The summed E-state index contributed by atoms with van der Waals surface area (Å²) in [7, 11) is -4.52. The molecule has 12 nitrogen and oxygen atoms in total. The highest BCUT2D eigenvalue weighted by Crippen LogP contribution is 2.35. The van der Waals surface area contributed by atoms with E-state index in [0.29, 0.717) is 12.8 Å². The Morgan fingerprint density at radius 2 is 1.76 bits per heavy atom. The molecular weight excluding hydrogens is 705 g/mol. The van der Waals surface area contributed by atoms with Crippen LogP contribution in [-0.2, 0) is 35.6 Å². The van der Waals surface area contributed by atoms with E-state index in [1.54, 1.807) is 20.8 Å². The van der Waals surface area contributed by atoms with Gasteiger partial charge in [0.1, 0.15) is 29.2 Å². The Labute approximate surface area is 293 Å². The highest BCUT2D eigenvalue weighted by molar-refractivity contribution is 7.89. The topological polar surface area (TPSA) is 153 Å². The summed E-state index contributed by atoms with van der Waals surface area (Å²) >= 11 is 12.4. The average Bonchev–Trinajstić information content (AvgIpc) is 3.54. The van der Waals surface area contributed by atoms with Crippen LogP contribution in [0.4, 0.5) is 8.78 Å². The van der Waals surface area contributed by atoms with E-state index in [-0.39, 0.29) is 52.5 Å². The van der Waals surface area contributed by atoms with Crippen LogP contribution in [0.2, 0.25) is 10.0 Å². The Kier molecular flexibility index (Phi) is 10.9. The van der Waals surface area contributed by atoms with Crippen LogP contribution in [0.25, 0.3) is 0 Å². The summed E-state index contributed by atoms with van der Waals surface area (Å²) in [6, 6.07) is 2.24. The van der Waals surface area contributed by atoms with Gasteiger partial charge in [0.25, 0.3) is 0 Å². The number of nitrogens with one attached hydrogen (secondary N) is 1. The molecule has 2 aromatic rings. The molecule has 3 aliphatic heterocycles. The molecule has 3 saturated heterocycles. The van der Waals surface area contributed by atoms with Gasteiger partial charge < -0.3 is 25.8 Å². The summed E-state index contributed by atoms with van der Waals surface area (Å²) in [6.45, 7) is 4.95. The summed E-state index contributed by atoms with van der Waals surface area (Å²) in [4.78, 5) is 58.6. The lowest BCUT2D eigenvalue weighted by molar-refractivity contribution is -0.167. The van der Waals surface area contributed by atoms with Crippen molar-refractivity contribution in [3.05, 3.63) is 63.6 Å². The summed E-state index contributed by atoms with van der Waals surface area (Å²) in [5.74, 6) is -4.85. The third kappa shape index (κ3) is 7.13. The first-order valence-electron chi connectivity index (χ1n) is 15.9. The number of fused-ring (bicyclic) bond motifs is 1. The fourth-order valence-electron chi connectivity index (χ4n) is 6.59. The van der Waals surface area contributed by atoms with Crippen LogP contribution in [0, 0.1) is 17.6 Å². The molecule has 3 N–H and O–H groups in total. The first kappa shape index (κ1) is 36.9. The van der Waals surface area contributed by atoms with Crippen molar-refractivity contribution in [2.75, 3.05) is 26.2 Å². The van der Waals surface area contributed by atoms with Crippen LogP contribution in [0.1, 0.15) is 39.2 Å². The lowest BCUT2D eigenvalue weighted by atomic mass is 9.97. The van der Waals surface area contributed by atoms with Gasteiger partial charge in [-0.05, 0) is 61.6 Å². The number of likely N-dealkylation sites (tertiary alicyclic amines) is 1. The summed E-state index contributed by atoms with van der Waals surface area (Å²) < 4.78 is 57.8. The number of carbonyl (C=O) groups is 4. The van der Waals surface area contributed by atoms with Gasteiger partial charge in [0, 0.05) is 31.1 Å². The minimum Gasteiger partial charge on any atom is -0.341 e. The molecule has 5 unspecified atom stereocenters. The second-order valence-electron chi connectivity index (χ2n) is 12.7. The molecule has 5 atom stereocenters. The van der Waals surface area contributed by atoms with Gasteiger partial charge >= 0.3 is 0 Å². The van der Waals surface area contributed by atoms with Crippen LogP contribution in [0.3, 0.4) is 0 Å². The molecule has 49 heavy (non-hydrogen) atoms. The fourth-order valence-corrected chi connectivity index (χ4v) is 8.92. The number of hydrogen-bond acceptors (Lipinski definition) is 7. The number of likely N-dealkylation sites (N-methyl/N-ethyl adjacent to an activating group) is 1. The van der Waals surface area contributed by atoms with Gasteiger partial charge in [-0.3, -0.25) is 19.2 Å². The zero-order chi connectivity index (χ0) is 35.9. The largest absolute Gasteiger partial charge is 0.341 e. The molecule has 0 bridgehead atoms. The molecule has 2 aromatic carbocycles. The van der Waals surface area contributed by atoms with Crippen LogP contribution >= 0.6 is 23.2 Å². The van der Waals surface area contributed by atoms with Crippen molar-refractivity contribution in [1.29, 1.82) is 0 Å². The van der Waals surface area contributed by atoms with Crippen LogP contribution in [0.15, 0.2) is 41.3 Å². The fraction of sp³-hybridized carbons (Fsp3) is 0.500. The number of piperazine rings is 1. The van der Waals surface area contributed by atoms with Gasteiger partial charge in [0.2, 0.25) is 33.7 Å². The minimum absolute atomic E-state index is 0.158. The van der Waals surface area contributed by atoms with Gasteiger partial charge in [0.05, 0.1) is 17.6 Å². The molecule has 0 aromatic heterocycles. The summed E-state index contributed by atoms with van der Waals surface area (Å²) in [5.41, 5.74) is 6.28. The molecule has 5 rings (SSSR count). The Hall–Kier alpha value is -3.37. The molecule has 266 valence electrons. The van der Waals surface area contributed by atoms with Crippen LogP contribution in [0.5, 0.6) is 0 Å². The SMILES string of the molecule is CCN1CC2N(C(=O)C(NC(=O)C3CCCN3C(=O)C(N)C(C)C)CN2S(=O)(=O)c2ccc(Cl)cc2Cl)C(Cc2ccc(F)c(F)c2)C1=O. The zero-order valence-electron chi connectivity index (χ0n) is 27.1. The van der Waals surface area contributed by atoms with Gasteiger partial charge in [0.15, 0.2) is 11.6 Å². The standard InChI is InChI=1S/C32H38Cl2F2N6O6S/c1-4-39-16-27-41(49(47,48)26-10-8-19(33)14-20(26)34)15-23(38-29(43)24-6-5-11-40(24)32(46)28(37)17(2)3)30(44)42(27)25(31(39)45)13-18-7-9-21(35)22(36)12-18/h7-10,12,14,17,23-25,27-28H,4-6,11,13,15-16,37H2,1-3H3,(H,38,43). The maximum atomic E-state index is 14.4. The van der Waals surface area contributed by atoms with E-state index < -0.39 is 82.2 Å². The first-order chi connectivity index (χ1) is 23.1. The molecule has 17 heteroatoms. The number of rotatable bonds is 9. The average molecular weight is 744 g/mol. The Morgan fingerprint density at radius 1 is 1.04 bits per heavy atom. The zero-order valence-corrected chi connectivity index (χ0v) is 29.4. The Balaban J connectivity index is 1.55.